The minimum atomic E-state index is -0.607. The molecule has 4 rings (SSSR count). The smallest absolute Gasteiger partial charge is 0.412 e. The van der Waals surface area contributed by atoms with Crippen LogP contribution in [0.25, 0.3) is 11.4 Å². The molecular formula is C19H22N4O5. The number of hydrogen-bond acceptors (Lipinski definition) is 7. The fourth-order valence-electron chi connectivity index (χ4n) is 3.33. The number of fused-ring (bicyclic) bond motifs is 1. The van der Waals surface area contributed by atoms with Crippen molar-refractivity contribution < 1.29 is 23.6 Å². The first kappa shape index (κ1) is 18.3. The normalized spacial score (nSPS) is 17.6. The van der Waals surface area contributed by atoms with Gasteiger partial charge in [0.2, 0.25) is 18.5 Å². The molecule has 148 valence electrons. The van der Waals surface area contributed by atoms with Crippen LogP contribution in [0.5, 0.6) is 0 Å². The Morgan fingerprint density at radius 2 is 2.18 bits per heavy atom. The lowest BCUT2D eigenvalue weighted by Gasteiger charge is -2.29. The summed E-state index contributed by atoms with van der Waals surface area (Å²) in [7, 11) is 0. The predicted octanol–water partition coefficient (Wildman–Crippen LogP) is 2.81. The molecule has 9 heteroatoms. The van der Waals surface area contributed by atoms with Crippen LogP contribution in [0.2, 0.25) is 0 Å². The second kappa shape index (κ2) is 7.87. The third-order valence-corrected chi connectivity index (χ3v) is 5.03. The molecule has 1 N–H and O–H groups in total. The molecule has 1 aliphatic carbocycles. The van der Waals surface area contributed by atoms with Gasteiger partial charge in [0.05, 0.1) is 6.04 Å². The Morgan fingerprint density at radius 1 is 1.32 bits per heavy atom. The molecule has 0 saturated carbocycles. The van der Waals surface area contributed by atoms with Gasteiger partial charge in [0.1, 0.15) is 0 Å². The van der Waals surface area contributed by atoms with Gasteiger partial charge in [-0.25, -0.2) is 9.59 Å². The molecular weight excluding hydrogens is 364 g/mol. The van der Waals surface area contributed by atoms with Gasteiger partial charge < -0.3 is 24.2 Å². The van der Waals surface area contributed by atoms with E-state index in [9.17, 15) is 9.59 Å². The van der Waals surface area contributed by atoms with Crippen LogP contribution in [0.3, 0.4) is 0 Å². The number of nitrogens with one attached hydrogen (secondary N) is 1. The zero-order valence-corrected chi connectivity index (χ0v) is 15.6. The monoisotopic (exact) mass is 386 g/mol. The largest absolute Gasteiger partial charge is 0.412 e. The number of ether oxygens (including phenoxy) is 2. The highest BCUT2D eigenvalue weighted by Crippen LogP contribution is 2.33. The van der Waals surface area contributed by atoms with Crippen molar-refractivity contribution >= 4 is 12.2 Å². The number of amides is 2. The first-order valence-electron chi connectivity index (χ1n) is 9.45. The molecule has 9 nitrogen and oxygen atoms in total. The van der Waals surface area contributed by atoms with E-state index in [0.717, 1.165) is 36.0 Å². The molecule has 2 aromatic rings. The van der Waals surface area contributed by atoms with E-state index in [0.29, 0.717) is 31.2 Å². The summed E-state index contributed by atoms with van der Waals surface area (Å²) >= 11 is 0. The number of aryl methyl sites for hydroxylation is 2. The third-order valence-electron chi connectivity index (χ3n) is 5.03. The minimum Gasteiger partial charge on any atom is -0.412 e. The van der Waals surface area contributed by atoms with E-state index >= 15 is 0 Å². The molecule has 2 aliphatic rings. The number of alkyl carbamates (subject to hydrolysis) is 1. The fraction of sp³-hybridized carbons (Fsp3) is 0.474. The highest BCUT2D eigenvalue weighted by molar-refractivity contribution is 5.70. The van der Waals surface area contributed by atoms with Crippen LogP contribution in [0.15, 0.2) is 22.7 Å². The van der Waals surface area contributed by atoms with E-state index in [1.165, 1.54) is 0 Å². The SMILES string of the molecule is CCc1nc(-c2ccc3c(c2)CC[C@H]3NC(=O)OCOC(=O)N2CCC2)no1. The van der Waals surface area contributed by atoms with Crippen molar-refractivity contribution in [2.45, 2.75) is 38.6 Å². The van der Waals surface area contributed by atoms with Gasteiger partial charge in [-0.15, -0.1) is 0 Å². The molecule has 28 heavy (non-hydrogen) atoms. The van der Waals surface area contributed by atoms with Crippen molar-refractivity contribution in [3.8, 4) is 11.4 Å². The maximum absolute atomic E-state index is 12.0. The number of carbonyl (C=O) groups excluding carboxylic acids is 2. The summed E-state index contributed by atoms with van der Waals surface area (Å²) in [5.74, 6) is 1.17. The number of nitrogens with zero attached hydrogens (tertiary/aromatic N) is 3. The summed E-state index contributed by atoms with van der Waals surface area (Å²) in [5, 5.41) is 6.82. The highest BCUT2D eigenvalue weighted by atomic mass is 16.7. The number of likely N-dealkylation sites (tertiary alicyclic amines) is 1. The zero-order chi connectivity index (χ0) is 19.5. The Hall–Kier alpha value is -3.10. The minimum absolute atomic E-state index is 0.140. The Bertz CT molecular complexity index is 877. The van der Waals surface area contributed by atoms with Gasteiger partial charge >= 0.3 is 12.2 Å². The number of aromatic nitrogens is 2. The Balaban J connectivity index is 1.31. The van der Waals surface area contributed by atoms with Crippen LogP contribution in [-0.4, -0.2) is 47.1 Å². The summed E-state index contributed by atoms with van der Waals surface area (Å²) < 4.78 is 15.0. The van der Waals surface area contributed by atoms with Gasteiger partial charge in [-0.2, -0.15) is 4.98 Å². The summed E-state index contributed by atoms with van der Waals surface area (Å²) in [6, 6.07) is 5.78. The van der Waals surface area contributed by atoms with Crippen LogP contribution in [-0.2, 0) is 22.3 Å². The molecule has 1 aliphatic heterocycles. The zero-order valence-electron chi connectivity index (χ0n) is 15.6. The third kappa shape index (κ3) is 3.78. The van der Waals surface area contributed by atoms with Gasteiger partial charge in [0.25, 0.3) is 0 Å². The van der Waals surface area contributed by atoms with Crippen LogP contribution in [0.4, 0.5) is 9.59 Å². The van der Waals surface area contributed by atoms with Crippen molar-refractivity contribution in [3.63, 3.8) is 0 Å². The lowest BCUT2D eigenvalue weighted by molar-refractivity contribution is -0.000682. The lowest BCUT2D eigenvalue weighted by Crippen LogP contribution is -2.42. The van der Waals surface area contributed by atoms with E-state index in [2.05, 4.69) is 15.5 Å². The molecule has 1 fully saturated rings. The molecule has 0 bridgehead atoms. The maximum Gasteiger partial charge on any atom is 0.412 e. The molecule has 2 heterocycles. The summed E-state index contributed by atoms with van der Waals surface area (Å²) in [5.41, 5.74) is 3.07. The first-order valence-corrected chi connectivity index (χ1v) is 9.45. The van der Waals surface area contributed by atoms with Crippen LogP contribution in [0, 0.1) is 0 Å². The van der Waals surface area contributed by atoms with Crippen molar-refractivity contribution in [2.24, 2.45) is 0 Å². The van der Waals surface area contributed by atoms with Crippen molar-refractivity contribution in [1.82, 2.24) is 20.4 Å². The van der Waals surface area contributed by atoms with Crippen LogP contribution in [0.1, 0.15) is 42.8 Å². The van der Waals surface area contributed by atoms with Crippen molar-refractivity contribution in [1.29, 1.82) is 0 Å². The predicted molar refractivity (Wildman–Crippen MR) is 97.3 cm³/mol. The van der Waals surface area contributed by atoms with Crippen molar-refractivity contribution in [3.05, 3.63) is 35.2 Å². The van der Waals surface area contributed by atoms with E-state index in [1.807, 2.05) is 25.1 Å². The fourth-order valence-corrected chi connectivity index (χ4v) is 3.33. The van der Waals surface area contributed by atoms with E-state index in [4.69, 9.17) is 14.0 Å². The van der Waals surface area contributed by atoms with E-state index in [1.54, 1.807) is 4.90 Å². The summed E-state index contributed by atoms with van der Waals surface area (Å²) in [6.07, 6.45) is 2.21. The molecule has 2 amide bonds. The molecule has 1 aromatic carbocycles. The Labute approximate surface area is 162 Å². The van der Waals surface area contributed by atoms with Crippen molar-refractivity contribution in [2.75, 3.05) is 19.9 Å². The number of benzene rings is 1. The molecule has 1 aromatic heterocycles. The lowest BCUT2D eigenvalue weighted by atomic mass is 10.0. The first-order chi connectivity index (χ1) is 13.6. The van der Waals surface area contributed by atoms with E-state index < -0.39 is 19.0 Å². The summed E-state index contributed by atoms with van der Waals surface area (Å²) in [6.45, 7) is 2.95. The average Bonchev–Trinajstić information content (AvgIpc) is 3.27. The molecule has 0 spiro atoms. The van der Waals surface area contributed by atoms with Gasteiger partial charge in [-0.3, -0.25) is 0 Å². The second-order valence-electron chi connectivity index (χ2n) is 6.81. The average molecular weight is 386 g/mol. The molecule has 0 radical (unpaired) electrons. The summed E-state index contributed by atoms with van der Waals surface area (Å²) in [4.78, 5) is 29.5. The Morgan fingerprint density at radius 3 is 2.89 bits per heavy atom. The number of carbonyl (C=O) groups is 2. The second-order valence-corrected chi connectivity index (χ2v) is 6.81. The van der Waals surface area contributed by atoms with Gasteiger partial charge in [-0.05, 0) is 36.5 Å². The standard InChI is InChI=1S/C19H22N4O5/c1-2-16-21-17(22-28-16)13-4-6-14-12(10-13)5-7-15(14)20-18(24)26-11-27-19(25)23-8-3-9-23/h4,6,10,15H,2-3,5,7-9,11H2,1H3,(H,20,24)/t15-/m1/s1. The molecule has 0 unspecified atom stereocenters. The van der Waals surface area contributed by atoms with Crippen LogP contribution >= 0.6 is 0 Å². The van der Waals surface area contributed by atoms with Gasteiger partial charge in [0, 0.05) is 25.1 Å². The van der Waals surface area contributed by atoms with Gasteiger partial charge in [-0.1, -0.05) is 24.2 Å². The van der Waals surface area contributed by atoms with Gasteiger partial charge in [0.15, 0.2) is 0 Å². The van der Waals surface area contributed by atoms with E-state index in [-0.39, 0.29) is 6.04 Å². The molecule has 1 saturated heterocycles. The number of hydrogen-bond donors (Lipinski definition) is 1. The maximum atomic E-state index is 12.0. The number of rotatable bonds is 5. The Kier molecular flexibility index (Phi) is 5.14. The topological polar surface area (TPSA) is 107 Å². The van der Waals surface area contributed by atoms with Crippen LogP contribution < -0.4 is 5.32 Å². The highest BCUT2D eigenvalue weighted by Gasteiger charge is 2.26. The molecule has 1 atom stereocenters. The quantitative estimate of drug-likeness (QED) is 0.787.